The van der Waals surface area contributed by atoms with E-state index in [4.69, 9.17) is 4.74 Å². The van der Waals surface area contributed by atoms with Gasteiger partial charge in [0.05, 0.1) is 29.8 Å². The van der Waals surface area contributed by atoms with Crippen LogP contribution in [0.2, 0.25) is 0 Å². The molecule has 0 radical (unpaired) electrons. The van der Waals surface area contributed by atoms with E-state index in [9.17, 15) is 9.18 Å². The number of amides is 1. The van der Waals surface area contributed by atoms with Gasteiger partial charge in [0.2, 0.25) is 0 Å². The zero-order valence-electron chi connectivity index (χ0n) is 16.2. The van der Waals surface area contributed by atoms with Crippen LogP contribution in [0, 0.1) is 12.7 Å². The topological polar surface area (TPSA) is 70.2 Å². The zero-order chi connectivity index (χ0) is 20.2. The van der Waals surface area contributed by atoms with Crippen molar-refractivity contribution >= 4 is 17.2 Å². The van der Waals surface area contributed by atoms with Crippen molar-refractivity contribution in [3.63, 3.8) is 0 Å². The summed E-state index contributed by atoms with van der Waals surface area (Å²) in [5, 5.41) is 10.1. The highest BCUT2D eigenvalue weighted by molar-refractivity contribution is 7.15. The lowest BCUT2D eigenvalue weighted by atomic mass is 10.0. The number of thiophene rings is 1. The smallest absolute Gasteiger partial charge is 0.271 e. The molecule has 0 spiro atoms. The fourth-order valence-corrected chi connectivity index (χ4v) is 4.29. The minimum atomic E-state index is -0.272. The van der Waals surface area contributed by atoms with E-state index in [1.807, 2.05) is 19.1 Å². The molecule has 0 unspecified atom stereocenters. The summed E-state index contributed by atoms with van der Waals surface area (Å²) in [4.78, 5) is 17.2. The molecule has 0 bridgehead atoms. The molecule has 6 nitrogen and oxygen atoms in total. The molecule has 152 valence electrons. The third kappa shape index (κ3) is 4.72. The molecule has 1 saturated heterocycles. The van der Waals surface area contributed by atoms with Crippen molar-refractivity contribution < 1.29 is 13.9 Å². The summed E-state index contributed by atoms with van der Waals surface area (Å²) in [7, 11) is 0. The van der Waals surface area contributed by atoms with Crippen molar-refractivity contribution in [3.05, 3.63) is 64.4 Å². The normalized spacial score (nSPS) is 15.9. The molecule has 29 heavy (non-hydrogen) atoms. The van der Waals surface area contributed by atoms with Gasteiger partial charge in [-0.15, -0.1) is 11.3 Å². The van der Waals surface area contributed by atoms with Gasteiger partial charge in [0.15, 0.2) is 5.69 Å². The Morgan fingerprint density at radius 2 is 2.03 bits per heavy atom. The second-order valence-corrected chi connectivity index (χ2v) is 8.29. The zero-order valence-corrected chi connectivity index (χ0v) is 17.0. The maximum Gasteiger partial charge on any atom is 0.271 e. The quantitative estimate of drug-likeness (QED) is 0.649. The number of hydrogen-bond donors (Lipinski definition) is 2. The number of nitrogens with zero attached hydrogens (tertiary/aromatic N) is 2. The molecule has 8 heteroatoms. The molecular weight excluding hydrogens is 391 g/mol. The molecule has 1 aliphatic heterocycles. The van der Waals surface area contributed by atoms with Crippen LogP contribution in [-0.4, -0.2) is 53.9 Å². The average Bonchev–Trinajstić information content (AvgIpc) is 3.39. The lowest BCUT2D eigenvalue weighted by Gasteiger charge is -2.34. The van der Waals surface area contributed by atoms with Gasteiger partial charge in [-0.1, -0.05) is 12.1 Å². The first-order valence-electron chi connectivity index (χ1n) is 9.58. The summed E-state index contributed by atoms with van der Waals surface area (Å²) in [6.45, 7) is 5.28. The van der Waals surface area contributed by atoms with E-state index in [1.165, 1.54) is 17.0 Å². The summed E-state index contributed by atoms with van der Waals surface area (Å²) >= 11 is 1.65. The number of hydrogen-bond acceptors (Lipinski definition) is 5. The number of rotatable bonds is 6. The van der Waals surface area contributed by atoms with Gasteiger partial charge >= 0.3 is 0 Å². The van der Waals surface area contributed by atoms with E-state index in [1.54, 1.807) is 29.5 Å². The lowest BCUT2D eigenvalue weighted by molar-refractivity contribution is 0.0162. The highest BCUT2D eigenvalue weighted by Gasteiger charge is 2.24. The largest absolute Gasteiger partial charge is 0.379 e. The van der Waals surface area contributed by atoms with Gasteiger partial charge in [-0.2, -0.15) is 5.10 Å². The fraction of sp³-hybridized carbons (Fsp3) is 0.333. The third-order valence-corrected chi connectivity index (χ3v) is 6.05. The van der Waals surface area contributed by atoms with E-state index in [2.05, 4.69) is 20.4 Å². The standard InChI is InChI=1S/C21H23FN4O2S/c1-14-2-7-20(29-14)17-12-18(25-24-17)21(27)23-13-19(26-8-10-28-11-9-26)15-3-5-16(22)6-4-15/h2-7,12,19H,8-11,13H2,1H3,(H,23,27)(H,24,25)/t19-/m0/s1. The van der Waals surface area contributed by atoms with Crippen molar-refractivity contribution in [2.75, 3.05) is 32.8 Å². The monoisotopic (exact) mass is 414 g/mol. The predicted octanol–water partition coefficient (Wildman–Crippen LogP) is 3.39. The fourth-order valence-electron chi connectivity index (χ4n) is 3.46. The molecule has 3 aromatic rings. The number of morpholine rings is 1. The number of carbonyl (C=O) groups excluding carboxylic acids is 1. The van der Waals surface area contributed by atoms with E-state index in [0.717, 1.165) is 29.2 Å². The summed E-state index contributed by atoms with van der Waals surface area (Å²) in [5.74, 6) is -0.507. The second-order valence-electron chi connectivity index (χ2n) is 7.00. The molecule has 0 saturated carbocycles. The minimum Gasteiger partial charge on any atom is -0.379 e. The summed E-state index contributed by atoms with van der Waals surface area (Å²) in [6.07, 6.45) is 0. The van der Waals surface area contributed by atoms with Crippen LogP contribution < -0.4 is 5.32 Å². The number of nitrogens with one attached hydrogen (secondary N) is 2. The minimum absolute atomic E-state index is 0.0539. The number of carbonyl (C=O) groups is 1. The van der Waals surface area contributed by atoms with Crippen LogP contribution in [-0.2, 0) is 4.74 Å². The highest BCUT2D eigenvalue weighted by atomic mass is 32.1. The Bertz CT molecular complexity index is 963. The molecule has 3 heterocycles. The van der Waals surface area contributed by atoms with E-state index in [0.29, 0.717) is 25.5 Å². The van der Waals surface area contributed by atoms with Crippen molar-refractivity contribution in [2.24, 2.45) is 0 Å². The van der Waals surface area contributed by atoms with Gasteiger partial charge < -0.3 is 10.1 Å². The molecule has 1 aliphatic rings. The Morgan fingerprint density at radius 3 is 2.72 bits per heavy atom. The summed E-state index contributed by atoms with van der Waals surface area (Å²) < 4.78 is 18.8. The van der Waals surface area contributed by atoms with Crippen LogP contribution in [0.15, 0.2) is 42.5 Å². The van der Waals surface area contributed by atoms with Gasteiger partial charge in [-0.25, -0.2) is 4.39 Å². The van der Waals surface area contributed by atoms with E-state index in [-0.39, 0.29) is 17.8 Å². The second kappa shape index (κ2) is 8.86. The molecular formula is C21H23FN4O2S. The highest BCUT2D eigenvalue weighted by Crippen LogP contribution is 2.26. The van der Waals surface area contributed by atoms with Crippen molar-refractivity contribution in [1.29, 1.82) is 0 Å². The first-order valence-corrected chi connectivity index (χ1v) is 10.4. The molecule has 2 N–H and O–H groups in total. The van der Waals surface area contributed by atoms with Gasteiger partial charge in [0, 0.05) is 24.5 Å². The number of H-pyrrole nitrogens is 1. The molecule has 4 rings (SSSR count). The van der Waals surface area contributed by atoms with Crippen molar-refractivity contribution in [2.45, 2.75) is 13.0 Å². The van der Waals surface area contributed by atoms with E-state index < -0.39 is 0 Å². The molecule has 1 aromatic carbocycles. The number of aromatic nitrogens is 2. The number of ether oxygens (including phenoxy) is 1. The van der Waals surface area contributed by atoms with Crippen LogP contribution in [0.5, 0.6) is 0 Å². The Hall–Kier alpha value is -2.55. The van der Waals surface area contributed by atoms with Gasteiger partial charge in [-0.3, -0.25) is 14.8 Å². The summed E-state index contributed by atoms with van der Waals surface area (Å²) in [5.41, 5.74) is 2.15. The van der Waals surface area contributed by atoms with Gasteiger partial charge in [0.1, 0.15) is 5.82 Å². The number of benzene rings is 1. The van der Waals surface area contributed by atoms with Crippen LogP contribution in [0.1, 0.15) is 27.0 Å². The number of halogens is 1. The molecule has 1 amide bonds. The van der Waals surface area contributed by atoms with Crippen LogP contribution in [0.25, 0.3) is 10.6 Å². The van der Waals surface area contributed by atoms with Crippen LogP contribution in [0.3, 0.4) is 0 Å². The lowest BCUT2D eigenvalue weighted by Crippen LogP contribution is -2.43. The molecule has 2 aromatic heterocycles. The molecule has 1 atom stereocenters. The maximum absolute atomic E-state index is 13.4. The Balaban J connectivity index is 1.46. The van der Waals surface area contributed by atoms with Crippen LogP contribution in [0.4, 0.5) is 4.39 Å². The number of aromatic amines is 1. The average molecular weight is 415 g/mol. The first-order chi connectivity index (χ1) is 14.1. The third-order valence-electron chi connectivity index (χ3n) is 5.01. The van der Waals surface area contributed by atoms with E-state index >= 15 is 0 Å². The molecule has 0 aliphatic carbocycles. The van der Waals surface area contributed by atoms with Crippen molar-refractivity contribution in [1.82, 2.24) is 20.4 Å². The SMILES string of the molecule is Cc1ccc(-c2cc(C(=O)NC[C@@H](c3ccc(F)cc3)N3CCOCC3)n[nH]2)s1. The Labute approximate surface area is 172 Å². The first kappa shape index (κ1) is 19.8. The Morgan fingerprint density at radius 1 is 1.28 bits per heavy atom. The number of aryl methyl sites for hydroxylation is 1. The predicted molar refractivity (Wildman–Crippen MR) is 111 cm³/mol. The maximum atomic E-state index is 13.4. The van der Waals surface area contributed by atoms with Gasteiger partial charge in [0.25, 0.3) is 5.91 Å². The Kier molecular flexibility index (Phi) is 6.03. The molecule has 1 fully saturated rings. The van der Waals surface area contributed by atoms with Crippen LogP contribution >= 0.6 is 11.3 Å². The van der Waals surface area contributed by atoms with Crippen molar-refractivity contribution in [3.8, 4) is 10.6 Å². The van der Waals surface area contributed by atoms with Gasteiger partial charge in [-0.05, 0) is 42.8 Å². The summed E-state index contributed by atoms with van der Waals surface area (Å²) in [6, 6.07) is 12.2.